The van der Waals surface area contributed by atoms with Crippen LogP contribution in [0.4, 0.5) is 0 Å². The maximum atomic E-state index is 15.3. The lowest BCUT2D eigenvalue weighted by molar-refractivity contribution is -0.182. The van der Waals surface area contributed by atoms with E-state index in [9.17, 15) is 14.4 Å². The molecule has 1 unspecified atom stereocenters. The van der Waals surface area contributed by atoms with E-state index in [1.165, 1.54) is 69.1 Å². The second-order valence-electron chi connectivity index (χ2n) is 16.5. The second kappa shape index (κ2) is 21.8. The summed E-state index contributed by atoms with van der Waals surface area (Å²) in [5.74, 6) is -1.06. The lowest BCUT2D eigenvalue weighted by Crippen LogP contribution is -2.82. The van der Waals surface area contributed by atoms with Crippen molar-refractivity contribution in [2.45, 2.75) is 147 Å². The number of carbonyl (C=O) groups excluding carboxylic acids is 4. The highest BCUT2D eigenvalue weighted by molar-refractivity contribution is 6.13. The SMILES string of the molecule is CCCCCCCCCCCCCCCC(=O)Oc1ccc(C[C@]2(C(=O)NCc3ccccc3)C(=O)N(Cc3cccc4ccccc34)[C@@H](C)C3NCCC(=O)N32)cc1. The Morgan fingerprint density at radius 2 is 1.37 bits per heavy atom. The van der Waals surface area contributed by atoms with Crippen LogP contribution in [0.15, 0.2) is 97.1 Å². The van der Waals surface area contributed by atoms with Gasteiger partial charge in [0.15, 0.2) is 0 Å². The van der Waals surface area contributed by atoms with Crippen LogP contribution in [0.5, 0.6) is 5.75 Å². The van der Waals surface area contributed by atoms with Crippen LogP contribution >= 0.6 is 0 Å². The Hall–Kier alpha value is -5.02. The van der Waals surface area contributed by atoms with Crippen molar-refractivity contribution >= 4 is 34.5 Å². The van der Waals surface area contributed by atoms with Crippen molar-refractivity contribution in [3.63, 3.8) is 0 Å². The summed E-state index contributed by atoms with van der Waals surface area (Å²) >= 11 is 0. The van der Waals surface area contributed by atoms with Crippen molar-refractivity contribution in [3.8, 4) is 5.75 Å². The Morgan fingerprint density at radius 1 is 0.746 bits per heavy atom. The van der Waals surface area contributed by atoms with E-state index in [0.29, 0.717) is 24.3 Å². The van der Waals surface area contributed by atoms with Gasteiger partial charge < -0.3 is 19.9 Å². The van der Waals surface area contributed by atoms with E-state index in [0.717, 1.165) is 41.2 Å². The third kappa shape index (κ3) is 11.2. The molecule has 0 aliphatic carbocycles. The Labute approximate surface area is 351 Å². The van der Waals surface area contributed by atoms with Crippen molar-refractivity contribution in [3.05, 3.63) is 114 Å². The summed E-state index contributed by atoms with van der Waals surface area (Å²) in [6, 6.07) is 30.3. The van der Waals surface area contributed by atoms with E-state index in [4.69, 9.17) is 4.74 Å². The first kappa shape index (κ1) is 43.6. The first-order valence-electron chi connectivity index (χ1n) is 22.3. The number of hydrogen-bond acceptors (Lipinski definition) is 6. The summed E-state index contributed by atoms with van der Waals surface area (Å²) in [5, 5.41) is 8.64. The number of fused-ring (bicyclic) bond motifs is 2. The van der Waals surface area contributed by atoms with Gasteiger partial charge in [-0.2, -0.15) is 0 Å². The fourth-order valence-corrected chi connectivity index (χ4v) is 8.87. The molecule has 4 aromatic carbocycles. The molecule has 314 valence electrons. The number of nitrogens with zero attached hydrogens (tertiary/aromatic N) is 2. The topological polar surface area (TPSA) is 108 Å². The van der Waals surface area contributed by atoms with Crippen molar-refractivity contribution in [1.82, 2.24) is 20.4 Å². The largest absolute Gasteiger partial charge is 0.427 e. The predicted octanol–water partition coefficient (Wildman–Crippen LogP) is 9.40. The normalized spacial score (nSPS) is 19.2. The van der Waals surface area contributed by atoms with Crippen molar-refractivity contribution in [2.24, 2.45) is 0 Å². The van der Waals surface area contributed by atoms with Gasteiger partial charge in [0.25, 0.3) is 11.8 Å². The molecule has 3 amide bonds. The molecule has 2 fully saturated rings. The monoisotopic (exact) mass is 800 g/mol. The van der Waals surface area contributed by atoms with Crippen LogP contribution in [0.1, 0.15) is 127 Å². The van der Waals surface area contributed by atoms with Gasteiger partial charge >= 0.3 is 5.97 Å². The van der Waals surface area contributed by atoms with Gasteiger partial charge in [0, 0.05) is 38.9 Å². The van der Waals surface area contributed by atoms with Crippen LogP contribution < -0.4 is 15.4 Å². The summed E-state index contributed by atoms with van der Waals surface area (Å²) in [6.45, 7) is 5.11. The summed E-state index contributed by atoms with van der Waals surface area (Å²) in [4.78, 5) is 60.3. The molecule has 0 saturated carbocycles. The molecule has 0 radical (unpaired) electrons. The molecule has 4 aromatic rings. The predicted molar refractivity (Wildman–Crippen MR) is 234 cm³/mol. The number of esters is 1. The highest BCUT2D eigenvalue weighted by atomic mass is 16.5. The summed E-state index contributed by atoms with van der Waals surface area (Å²) < 4.78 is 5.72. The molecule has 59 heavy (non-hydrogen) atoms. The molecule has 3 atom stereocenters. The molecule has 0 spiro atoms. The van der Waals surface area contributed by atoms with Gasteiger partial charge in [-0.1, -0.05) is 169 Å². The third-order valence-corrected chi connectivity index (χ3v) is 12.2. The van der Waals surface area contributed by atoms with E-state index in [1.807, 2.05) is 79.7 Å². The number of hydrogen-bond donors (Lipinski definition) is 2. The van der Waals surface area contributed by atoms with Gasteiger partial charge in [-0.05, 0) is 52.9 Å². The number of unbranched alkanes of at least 4 members (excludes halogenated alkanes) is 12. The molecular weight excluding hydrogens is 737 g/mol. The quantitative estimate of drug-likeness (QED) is 0.0355. The van der Waals surface area contributed by atoms with Gasteiger partial charge in [0.05, 0.1) is 6.04 Å². The maximum absolute atomic E-state index is 15.3. The highest BCUT2D eigenvalue weighted by Crippen LogP contribution is 2.37. The van der Waals surface area contributed by atoms with Gasteiger partial charge in [0.1, 0.15) is 11.9 Å². The minimum Gasteiger partial charge on any atom is -0.427 e. The number of rotatable bonds is 22. The van der Waals surface area contributed by atoms with E-state index in [2.05, 4.69) is 17.6 Å². The van der Waals surface area contributed by atoms with E-state index in [1.54, 1.807) is 29.2 Å². The summed E-state index contributed by atoms with van der Waals surface area (Å²) in [7, 11) is 0. The number of amides is 3. The molecule has 2 aliphatic rings. The summed E-state index contributed by atoms with van der Waals surface area (Å²) in [6.07, 6.45) is 16.0. The standard InChI is InChI=1S/C50H64N4O5/c1-3-4-5-6-7-8-9-10-11-12-13-14-18-28-46(56)59-43-31-29-39(30-32-43)35-50(48(57)52-36-40-22-16-15-17-23-40)49(58)53(38(2)47-51-34-33-45(55)54(47)50)37-42-26-21-25-41-24-19-20-27-44(41)42/h15-17,19-27,29-32,38,47,51H,3-14,18,28,33-37H2,1-2H3,(H,52,57)/t38-,47?,50-/m0/s1. The zero-order chi connectivity index (χ0) is 41.5. The van der Waals surface area contributed by atoms with Crippen LogP contribution in [-0.4, -0.2) is 57.8 Å². The van der Waals surface area contributed by atoms with Crippen molar-refractivity contribution in [1.29, 1.82) is 0 Å². The van der Waals surface area contributed by atoms with Crippen LogP contribution in [0, 0.1) is 0 Å². The summed E-state index contributed by atoms with van der Waals surface area (Å²) in [5.41, 5.74) is 0.626. The van der Waals surface area contributed by atoms with Crippen molar-refractivity contribution < 1.29 is 23.9 Å². The Bertz CT molecular complexity index is 1980. The lowest BCUT2D eigenvalue weighted by atomic mass is 9.80. The smallest absolute Gasteiger partial charge is 0.311 e. The molecule has 9 heteroatoms. The number of carbonyl (C=O) groups is 4. The minimum atomic E-state index is -1.88. The van der Waals surface area contributed by atoms with Gasteiger partial charge in [0.2, 0.25) is 11.4 Å². The number of benzene rings is 4. The third-order valence-electron chi connectivity index (χ3n) is 12.2. The average Bonchev–Trinajstić information content (AvgIpc) is 3.25. The number of ether oxygens (including phenoxy) is 1. The molecule has 2 N–H and O–H groups in total. The van der Waals surface area contributed by atoms with E-state index < -0.39 is 29.6 Å². The average molecular weight is 801 g/mol. The van der Waals surface area contributed by atoms with Crippen LogP contribution in [0.3, 0.4) is 0 Å². The van der Waals surface area contributed by atoms with Crippen molar-refractivity contribution in [2.75, 3.05) is 6.54 Å². The van der Waals surface area contributed by atoms with Crippen LogP contribution in [0.25, 0.3) is 10.8 Å². The Balaban J connectivity index is 1.14. The van der Waals surface area contributed by atoms with E-state index in [-0.39, 0.29) is 37.8 Å². The van der Waals surface area contributed by atoms with Gasteiger partial charge in [-0.3, -0.25) is 24.5 Å². The van der Waals surface area contributed by atoms with Gasteiger partial charge in [-0.15, -0.1) is 0 Å². The molecule has 9 nitrogen and oxygen atoms in total. The molecule has 6 rings (SSSR count). The van der Waals surface area contributed by atoms with Crippen LogP contribution in [-0.2, 0) is 38.7 Å². The molecule has 2 heterocycles. The first-order chi connectivity index (χ1) is 28.8. The first-order valence-corrected chi connectivity index (χ1v) is 22.3. The molecule has 2 saturated heterocycles. The minimum absolute atomic E-state index is 0.0533. The molecular formula is C50H64N4O5. The zero-order valence-corrected chi connectivity index (χ0v) is 35.3. The fourth-order valence-electron chi connectivity index (χ4n) is 8.87. The second-order valence-corrected chi connectivity index (χ2v) is 16.5. The van der Waals surface area contributed by atoms with Gasteiger partial charge in [-0.25, -0.2) is 0 Å². The highest BCUT2D eigenvalue weighted by Gasteiger charge is 2.62. The molecule has 2 aliphatic heterocycles. The lowest BCUT2D eigenvalue weighted by Gasteiger charge is -2.57. The molecule has 0 bridgehead atoms. The fraction of sp³-hybridized carbons (Fsp3) is 0.480. The van der Waals surface area contributed by atoms with Crippen LogP contribution in [0.2, 0.25) is 0 Å². The number of piperazine rings is 1. The number of nitrogens with one attached hydrogen (secondary N) is 2. The molecule has 0 aromatic heterocycles. The Morgan fingerprint density at radius 3 is 2.07 bits per heavy atom. The Kier molecular flexibility index (Phi) is 16.1. The maximum Gasteiger partial charge on any atom is 0.311 e. The zero-order valence-electron chi connectivity index (χ0n) is 35.3. The van der Waals surface area contributed by atoms with E-state index >= 15 is 4.79 Å².